The van der Waals surface area contributed by atoms with Gasteiger partial charge < -0.3 is 125 Å². The van der Waals surface area contributed by atoms with Gasteiger partial charge in [-0.15, -0.1) is 0 Å². The average Bonchev–Trinajstić information content (AvgIpc) is 1.32. The quantitative estimate of drug-likeness (QED) is 0.0421. The number of aliphatic hydroxyl groups excluding tert-OH is 1. The predicted octanol–water partition coefficient (Wildman–Crippen LogP) is 1.93. The van der Waals surface area contributed by atoms with Crippen molar-refractivity contribution in [2.24, 2.45) is 64.0 Å². The van der Waals surface area contributed by atoms with Crippen LogP contribution in [-0.4, -0.2) is 254 Å². The normalized spacial score (nSPS) is 23.1. The number of nitrogens with two attached hydrogens (primary N) is 6. The lowest BCUT2D eigenvalue weighted by molar-refractivity contribution is -0.136. The number of carbonyl (C=O) groups excluding carboxylic acids is 18. The smallest absolute Gasteiger partial charge is 0.245 e. The summed E-state index contributed by atoms with van der Waals surface area (Å²) >= 11 is 0. The van der Waals surface area contributed by atoms with E-state index in [4.69, 9.17) is 34.4 Å². The van der Waals surface area contributed by atoms with Gasteiger partial charge in [0.25, 0.3) is 0 Å². The van der Waals surface area contributed by atoms with Crippen molar-refractivity contribution in [2.75, 3.05) is 52.4 Å². The van der Waals surface area contributed by atoms with Crippen molar-refractivity contribution in [3.8, 4) is 0 Å². The molecule has 17 atom stereocenters. The first kappa shape index (κ1) is 128. The number of hydrogen-bond acceptors (Lipinski definition) is 25. The molecule has 2 fully saturated rings. The van der Waals surface area contributed by atoms with Gasteiger partial charge in [0.1, 0.15) is 72.5 Å². The van der Waals surface area contributed by atoms with Crippen LogP contribution in [0.25, 0.3) is 0 Å². The molecule has 4 rings (SSSR count). The summed E-state index contributed by atoms with van der Waals surface area (Å²) in [5.74, 6) is -14.0. The molecular weight excluding hydrogens is 1860 g/mol. The molecule has 818 valence electrons. The zero-order chi connectivity index (χ0) is 108. The van der Waals surface area contributed by atoms with Crippen molar-refractivity contribution in [1.82, 2.24) is 85.1 Å². The van der Waals surface area contributed by atoms with E-state index in [1.165, 1.54) is 6.92 Å². The van der Waals surface area contributed by atoms with E-state index in [2.05, 4.69) is 98.9 Å². The highest BCUT2D eigenvalue weighted by atomic mass is 16.3. The van der Waals surface area contributed by atoms with Gasteiger partial charge in [-0.25, -0.2) is 0 Å². The van der Waals surface area contributed by atoms with Gasteiger partial charge in [-0.2, -0.15) is 0 Å². The number of carbonyl (C=O) groups is 18. The summed E-state index contributed by atoms with van der Waals surface area (Å²) in [6.07, 6.45) is 13.5. The molecule has 145 heavy (non-hydrogen) atoms. The molecule has 2 aromatic rings. The maximum atomic E-state index is 14.5. The molecule has 0 unspecified atom stereocenters. The monoisotopic (exact) mass is 2040 g/mol. The molecule has 0 saturated carbocycles. The maximum absolute atomic E-state index is 14.5. The van der Waals surface area contributed by atoms with Crippen molar-refractivity contribution in [2.45, 2.75) is 392 Å². The molecule has 0 aliphatic carbocycles. The molecule has 2 aromatic carbocycles. The van der Waals surface area contributed by atoms with Crippen LogP contribution in [-0.2, 0) is 99.1 Å². The van der Waals surface area contributed by atoms with Crippen LogP contribution in [0.4, 0.5) is 0 Å². The molecular formula is C104H178N22O19. The van der Waals surface area contributed by atoms with E-state index in [0.717, 1.165) is 77.0 Å². The van der Waals surface area contributed by atoms with Gasteiger partial charge in [-0.1, -0.05) is 220 Å². The molecule has 2 aliphatic rings. The summed E-state index contributed by atoms with van der Waals surface area (Å²) < 4.78 is 0. The van der Waals surface area contributed by atoms with Gasteiger partial charge in [-0.05, 0) is 184 Å². The number of benzene rings is 2. The van der Waals surface area contributed by atoms with Crippen molar-refractivity contribution in [3.63, 3.8) is 0 Å². The standard InChI is InChI=1S/C53H91N11O9.C51H87N11O10/c1-7-9-10-11-12-13-17-21-46(66)58-39(22-26-54)50(70)62-42-25-29-57-48(68)44(31-35(5)6)64-49(69)38(18-8-2)60-51(71)40(23-27-55)59-47(67)37(30-34(3)4)33-45(65)43(32-36-19-15-14-16-20-36)63-52(72)41(24-28-56)61-53(42)73;1-6-8-9-10-11-12-16-20-43(65)56-37(21-25-52)46(67)60-40-24-28-55-51(72)44(33(5)63)62-50(71)36(17-7-2)58-47(68)38(22-26-53)57-45(66)35(29-32(3)4)31-42(64)41(30-34-18-14-13-15-19-34)61-48(69)39(23-27-54)59-49(40)70/h14-16,19-20,34-35,37-44H,7-13,17-18,21-33,54-56H2,1-6H3,(H,57,68)(H,58,66)(H,59,67)(H,60,71)(H,61,73)(H,62,70)(H,63,72)(H,64,69);13-15,18-19,32-33,35-41,44,63H,6-12,16-17,20-31,52-54H2,1-5H3,(H,55,72)(H,56,65)(H,57,66)(H,58,68)(H,59,70)(H,60,67)(H,61,69)(H,62,71)/t37-,38+,39-,40+,41+,42+,43-,44+;33-,35-,36+,37-,38+,39+,40+,41-,44+/m11/s1. The highest BCUT2D eigenvalue weighted by molar-refractivity contribution is 6.01. The molecule has 0 spiro atoms. The molecule has 0 bridgehead atoms. The van der Waals surface area contributed by atoms with Crippen molar-refractivity contribution in [1.29, 1.82) is 0 Å². The third-order valence-electron chi connectivity index (χ3n) is 25.3. The van der Waals surface area contributed by atoms with Crippen LogP contribution in [0.15, 0.2) is 60.7 Å². The number of Topliss-reactive ketones (excluding diaryl/α,β-unsaturated/α-hetero) is 2. The summed E-state index contributed by atoms with van der Waals surface area (Å²) in [5.41, 5.74) is 36.9. The first-order chi connectivity index (χ1) is 69.2. The Morgan fingerprint density at radius 1 is 0.331 bits per heavy atom. The second-order valence-electron chi connectivity index (χ2n) is 39.6. The molecule has 2 aliphatic heterocycles. The largest absolute Gasteiger partial charge is 0.391 e. The molecule has 0 radical (unpaired) electrons. The summed E-state index contributed by atoms with van der Waals surface area (Å²) in [6, 6.07) is 0.362. The zero-order valence-corrected chi connectivity index (χ0v) is 88.0. The molecule has 41 nitrogen and oxygen atoms in total. The Bertz CT molecular complexity index is 4290. The third-order valence-corrected chi connectivity index (χ3v) is 25.3. The highest BCUT2D eigenvalue weighted by Crippen LogP contribution is 2.24. The zero-order valence-electron chi connectivity index (χ0n) is 88.0. The lowest BCUT2D eigenvalue weighted by atomic mass is 9.88. The fourth-order valence-corrected chi connectivity index (χ4v) is 17.3. The number of nitrogens with one attached hydrogen (secondary N) is 16. The maximum Gasteiger partial charge on any atom is 0.245 e. The van der Waals surface area contributed by atoms with E-state index >= 15 is 0 Å². The van der Waals surface area contributed by atoms with Crippen molar-refractivity contribution in [3.05, 3.63) is 71.8 Å². The topological polar surface area (TPSA) is 676 Å². The number of rotatable bonds is 49. The van der Waals surface area contributed by atoms with Crippen LogP contribution in [0.5, 0.6) is 0 Å². The van der Waals surface area contributed by atoms with Crippen molar-refractivity contribution < 1.29 is 91.4 Å². The Labute approximate surface area is 858 Å². The molecule has 16 amide bonds. The van der Waals surface area contributed by atoms with Gasteiger partial charge in [0, 0.05) is 50.6 Å². The summed E-state index contributed by atoms with van der Waals surface area (Å²) in [5, 5.41) is 54.2. The minimum atomic E-state index is -1.55. The van der Waals surface area contributed by atoms with E-state index in [9.17, 15) is 91.4 Å². The number of amides is 16. The fourth-order valence-electron chi connectivity index (χ4n) is 17.3. The summed E-state index contributed by atoms with van der Waals surface area (Å²) in [4.78, 5) is 252. The van der Waals surface area contributed by atoms with Crippen LogP contribution in [0.1, 0.15) is 299 Å². The van der Waals surface area contributed by atoms with Crippen LogP contribution in [0.2, 0.25) is 0 Å². The average molecular weight is 2040 g/mol. The van der Waals surface area contributed by atoms with Gasteiger partial charge >= 0.3 is 0 Å². The van der Waals surface area contributed by atoms with Gasteiger partial charge in [-0.3, -0.25) is 86.3 Å². The molecule has 0 aromatic heterocycles. The van der Waals surface area contributed by atoms with Gasteiger partial charge in [0.05, 0.1) is 18.2 Å². The predicted molar refractivity (Wildman–Crippen MR) is 556 cm³/mol. The highest BCUT2D eigenvalue weighted by Gasteiger charge is 2.41. The second-order valence-corrected chi connectivity index (χ2v) is 39.6. The van der Waals surface area contributed by atoms with E-state index in [-0.39, 0.29) is 204 Å². The van der Waals surface area contributed by atoms with Crippen LogP contribution < -0.4 is 119 Å². The first-order valence-corrected chi connectivity index (χ1v) is 53.1. The molecule has 2 saturated heterocycles. The Hall–Kier alpha value is -11.0. The van der Waals surface area contributed by atoms with E-state index in [1.807, 2.05) is 48.5 Å². The Kier molecular flexibility index (Phi) is 64.7. The molecule has 29 N–H and O–H groups in total. The molecule has 2 heterocycles. The van der Waals surface area contributed by atoms with Crippen LogP contribution in [0.3, 0.4) is 0 Å². The number of aliphatic hydroxyl groups is 1. The Morgan fingerprint density at radius 3 is 0.945 bits per heavy atom. The molecule has 41 heteroatoms. The number of hydrogen-bond donors (Lipinski definition) is 23. The Morgan fingerprint density at radius 2 is 0.628 bits per heavy atom. The summed E-state index contributed by atoms with van der Waals surface area (Å²) in [6.45, 7) is 19.8. The van der Waals surface area contributed by atoms with E-state index in [1.54, 1.807) is 67.6 Å². The number of ketones is 2. The SMILES string of the molecule is CCCCCCCCCC(=O)N[C@H](CCN)C(=O)N[C@H]1CCNC(=O)[C@H](CC(C)C)NC(=O)[C@H](CCC)NC(=O)[C@H](CCN)NC(=O)[C@H](CC(C)C)CC(=O)[C@@H](Cc2ccccc2)NC(=O)[C@H](CCN)NC1=O.CCCCCCCCCC(=O)N[C@H](CCN)C(=O)N[C@H]1CCNC(=O)[C@H]([C@@H](C)O)NC(=O)[C@H](CCC)NC(=O)[C@H](CCN)NC(=O)[C@H](CC(C)C)CC(=O)[C@@H](Cc2ccccc2)NC(=O)[C@H](CCN)NC1=O. The second kappa shape index (κ2) is 73.2. The van der Waals surface area contributed by atoms with Crippen LogP contribution >= 0.6 is 0 Å². The van der Waals surface area contributed by atoms with Gasteiger partial charge in [0.15, 0.2) is 11.6 Å². The fraction of sp³-hybridized carbons (Fsp3) is 0.712. The minimum absolute atomic E-state index is 0.00778. The minimum Gasteiger partial charge on any atom is -0.391 e. The van der Waals surface area contributed by atoms with Gasteiger partial charge in [0.2, 0.25) is 94.5 Å². The van der Waals surface area contributed by atoms with E-state index in [0.29, 0.717) is 36.8 Å². The number of unbranched alkanes of at least 4 members (excludes halogenated alkanes) is 12. The third kappa shape index (κ3) is 51.3. The van der Waals surface area contributed by atoms with Crippen LogP contribution in [0, 0.1) is 29.6 Å². The first-order valence-electron chi connectivity index (χ1n) is 53.1. The lowest BCUT2D eigenvalue weighted by Crippen LogP contribution is -2.60. The lowest BCUT2D eigenvalue weighted by Gasteiger charge is -2.27. The Balaban J connectivity index is 0.000000745. The van der Waals surface area contributed by atoms with Crippen molar-refractivity contribution >= 4 is 106 Å². The van der Waals surface area contributed by atoms with E-state index < -0.39 is 197 Å². The summed E-state index contributed by atoms with van der Waals surface area (Å²) in [7, 11) is 0.